The van der Waals surface area contributed by atoms with Crippen molar-refractivity contribution in [3.63, 3.8) is 0 Å². The van der Waals surface area contributed by atoms with Crippen molar-refractivity contribution in [2.45, 2.75) is 45.1 Å². The molecular weight excluding hydrogens is 238 g/mol. The quantitative estimate of drug-likeness (QED) is 0.709. The van der Waals surface area contributed by atoms with Crippen molar-refractivity contribution in [3.8, 4) is 0 Å². The van der Waals surface area contributed by atoms with E-state index in [2.05, 4.69) is 17.6 Å². The Hall–Kier alpha value is -0.610. The first-order valence-corrected chi connectivity index (χ1v) is 7.83. The molecular formula is C15H27N3O. The largest absolute Gasteiger partial charge is 0.355 e. The molecule has 2 saturated carbocycles. The molecule has 1 aliphatic heterocycles. The van der Waals surface area contributed by atoms with Crippen LogP contribution in [-0.4, -0.2) is 31.6 Å². The van der Waals surface area contributed by atoms with E-state index in [4.69, 9.17) is 5.73 Å². The Morgan fingerprint density at radius 2 is 2.00 bits per heavy atom. The van der Waals surface area contributed by atoms with Crippen LogP contribution >= 0.6 is 0 Å². The predicted molar refractivity (Wildman–Crippen MR) is 75.5 cm³/mol. The minimum Gasteiger partial charge on any atom is -0.355 e. The lowest BCUT2D eigenvalue weighted by molar-refractivity contribution is -0.127. The molecule has 0 aromatic carbocycles. The fourth-order valence-electron chi connectivity index (χ4n) is 4.35. The third-order valence-electron chi connectivity index (χ3n) is 5.78. The first-order valence-electron chi connectivity index (χ1n) is 7.83. The van der Waals surface area contributed by atoms with Gasteiger partial charge in [-0.2, -0.15) is 0 Å². The van der Waals surface area contributed by atoms with Crippen molar-refractivity contribution < 1.29 is 4.79 Å². The van der Waals surface area contributed by atoms with Gasteiger partial charge in [0.15, 0.2) is 0 Å². The number of nitrogens with one attached hydrogen (secondary N) is 2. The van der Waals surface area contributed by atoms with Crippen LogP contribution < -0.4 is 16.4 Å². The fourth-order valence-corrected chi connectivity index (χ4v) is 4.35. The first kappa shape index (κ1) is 13.4. The molecule has 0 aromatic heterocycles. The number of nitrogens with two attached hydrogens (primary N) is 1. The van der Waals surface area contributed by atoms with Gasteiger partial charge in [-0.05, 0) is 62.4 Å². The Labute approximate surface area is 115 Å². The van der Waals surface area contributed by atoms with Crippen molar-refractivity contribution in [1.29, 1.82) is 0 Å². The van der Waals surface area contributed by atoms with Crippen LogP contribution in [-0.2, 0) is 4.79 Å². The zero-order valence-electron chi connectivity index (χ0n) is 12.0. The highest BCUT2D eigenvalue weighted by molar-refractivity contribution is 5.80. The summed E-state index contributed by atoms with van der Waals surface area (Å²) < 4.78 is 0. The minimum absolute atomic E-state index is 0.0871. The molecule has 3 fully saturated rings. The van der Waals surface area contributed by atoms with Gasteiger partial charge < -0.3 is 16.4 Å². The van der Waals surface area contributed by atoms with Gasteiger partial charge in [-0.15, -0.1) is 0 Å². The Balaban J connectivity index is 1.54. The average Bonchev–Trinajstić information content (AvgIpc) is 2.98. The molecule has 4 unspecified atom stereocenters. The standard InChI is InChI=1S/C15H27N3O/c1-15(4-6-17-7-5-15)9-18-14(19)12-10-2-3-11(8-10)13(12)16/h10-13,17H,2-9,16H2,1H3,(H,18,19). The van der Waals surface area contributed by atoms with Gasteiger partial charge >= 0.3 is 0 Å². The Bertz CT molecular complexity index is 349. The summed E-state index contributed by atoms with van der Waals surface area (Å²) in [6.45, 7) is 5.24. The highest BCUT2D eigenvalue weighted by atomic mass is 16.1. The molecule has 19 heavy (non-hydrogen) atoms. The van der Waals surface area contributed by atoms with E-state index in [0.29, 0.717) is 11.8 Å². The lowest BCUT2D eigenvalue weighted by Crippen LogP contribution is -2.49. The van der Waals surface area contributed by atoms with Gasteiger partial charge in [0.25, 0.3) is 0 Å². The second-order valence-electron chi connectivity index (χ2n) is 7.21. The number of fused-ring (bicyclic) bond motifs is 2. The van der Waals surface area contributed by atoms with Crippen LogP contribution in [0.5, 0.6) is 0 Å². The van der Waals surface area contributed by atoms with Gasteiger partial charge in [-0.25, -0.2) is 0 Å². The molecule has 0 aromatic rings. The van der Waals surface area contributed by atoms with Crippen LogP contribution in [0.25, 0.3) is 0 Å². The molecule has 0 spiro atoms. The number of carbonyl (C=O) groups excluding carboxylic acids is 1. The summed E-state index contributed by atoms with van der Waals surface area (Å²) in [5, 5.41) is 6.58. The maximum Gasteiger partial charge on any atom is 0.224 e. The summed E-state index contributed by atoms with van der Waals surface area (Å²) in [7, 11) is 0. The molecule has 2 bridgehead atoms. The Morgan fingerprint density at radius 3 is 2.63 bits per heavy atom. The number of piperidine rings is 1. The maximum absolute atomic E-state index is 12.4. The Morgan fingerprint density at radius 1 is 1.32 bits per heavy atom. The van der Waals surface area contributed by atoms with Crippen LogP contribution in [0.15, 0.2) is 0 Å². The topological polar surface area (TPSA) is 67.2 Å². The molecule has 3 rings (SSSR count). The van der Waals surface area contributed by atoms with Crippen LogP contribution in [0.2, 0.25) is 0 Å². The summed E-state index contributed by atoms with van der Waals surface area (Å²) in [4.78, 5) is 12.4. The maximum atomic E-state index is 12.4. The monoisotopic (exact) mass is 265 g/mol. The molecule has 1 amide bonds. The van der Waals surface area contributed by atoms with Crippen molar-refractivity contribution >= 4 is 5.91 Å². The average molecular weight is 265 g/mol. The van der Waals surface area contributed by atoms with Gasteiger partial charge in [0.05, 0.1) is 5.92 Å². The predicted octanol–water partition coefficient (Wildman–Crippen LogP) is 0.866. The molecule has 0 radical (unpaired) electrons. The molecule has 4 nitrogen and oxygen atoms in total. The van der Waals surface area contributed by atoms with E-state index in [1.54, 1.807) is 0 Å². The summed E-state index contributed by atoms with van der Waals surface area (Å²) in [5.74, 6) is 1.47. The normalized spacial score (nSPS) is 40.3. The van der Waals surface area contributed by atoms with E-state index in [1.807, 2.05) is 0 Å². The molecule has 108 valence electrons. The SMILES string of the molecule is CC1(CNC(=O)C2C3CCC(C3)C2N)CCNCC1. The molecule has 3 aliphatic rings. The lowest BCUT2D eigenvalue weighted by atomic mass is 9.80. The summed E-state index contributed by atoms with van der Waals surface area (Å²) in [6, 6.07) is 0.111. The molecule has 2 aliphatic carbocycles. The Kier molecular flexibility index (Phi) is 3.56. The molecule has 4 atom stereocenters. The van der Waals surface area contributed by atoms with Gasteiger partial charge in [-0.1, -0.05) is 6.92 Å². The molecule has 1 heterocycles. The molecule has 1 saturated heterocycles. The van der Waals surface area contributed by atoms with Gasteiger partial charge in [-0.3, -0.25) is 4.79 Å². The van der Waals surface area contributed by atoms with Crippen LogP contribution in [0.4, 0.5) is 0 Å². The highest BCUT2D eigenvalue weighted by Gasteiger charge is 2.49. The summed E-state index contributed by atoms with van der Waals surface area (Å²) in [5.41, 5.74) is 6.50. The smallest absolute Gasteiger partial charge is 0.224 e. The third-order valence-corrected chi connectivity index (χ3v) is 5.78. The summed E-state index contributed by atoms with van der Waals surface area (Å²) >= 11 is 0. The van der Waals surface area contributed by atoms with Crippen LogP contribution in [0, 0.1) is 23.2 Å². The second kappa shape index (κ2) is 5.06. The van der Waals surface area contributed by atoms with Gasteiger partial charge in [0.1, 0.15) is 0 Å². The third kappa shape index (κ3) is 2.52. The van der Waals surface area contributed by atoms with E-state index in [9.17, 15) is 4.79 Å². The van der Waals surface area contributed by atoms with E-state index in [0.717, 1.165) is 32.5 Å². The zero-order valence-corrected chi connectivity index (χ0v) is 12.0. The van der Waals surface area contributed by atoms with E-state index < -0.39 is 0 Å². The number of rotatable bonds is 3. The molecule has 4 N–H and O–H groups in total. The zero-order chi connectivity index (χ0) is 13.5. The summed E-state index contributed by atoms with van der Waals surface area (Å²) in [6.07, 6.45) is 5.92. The van der Waals surface area contributed by atoms with E-state index in [1.165, 1.54) is 19.3 Å². The van der Waals surface area contributed by atoms with Gasteiger partial charge in [0, 0.05) is 12.6 Å². The number of carbonyl (C=O) groups is 1. The second-order valence-corrected chi connectivity index (χ2v) is 7.21. The highest BCUT2D eigenvalue weighted by Crippen LogP contribution is 2.47. The fraction of sp³-hybridized carbons (Fsp3) is 0.933. The van der Waals surface area contributed by atoms with Crippen molar-refractivity contribution in [2.24, 2.45) is 28.9 Å². The van der Waals surface area contributed by atoms with Crippen LogP contribution in [0.1, 0.15) is 39.0 Å². The number of hydrogen-bond acceptors (Lipinski definition) is 3. The van der Waals surface area contributed by atoms with Gasteiger partial charge in [0.2, 0.25) is 5.91 Å². The van der Waals surface area contributed by atoms with Crippen molar-refractivity contribution in [1.82, 2.24) is 10.6 Å². The van der Waals surface area contributed by atoms with Crippen molar-refractivity contribution in [2.75, 3.05) is 19.6 Å². The molecule has 4 heteroatoms. The van der Waals surface area contributed by atoms with Crippen LogP contribution in [0.3, 0.4) is 0 Å². The van der Waals surface area contributed by atoms with E-state index >= 15 is 0 Å². The van der Waals surface area contributed by atoms with Crippen molar-refractivity contribution in [3.05, 3.63) is 0 Å². The first-order chi connectivity index (χ1) is 9.09. The number of amides is 1. The van der Waals surface area contributed by atoms with E-state index in [-0.39, 0.29) is 23.3 Å². The lowest BCUT2D eigenvalue weighted by Gasteiger charge is -2.35. The minimum atomic E-state index is 0.0871. The number of hydrogen-bond donors (Lipinski definition) is 3.